The van der Waals surface area contributed by atoms with Crippen molar-refractivity contribution < 1.29 is 4.74 Å². The van der Waals surface area contributed by atoms with Crippen LogP contribution in [0.1, 0.15) is 25.0 Å². The van der Waals surface area contributed by atoms with Gasteiger partial charge in [0.15, 0.2) is 0 Å². The molecule has 0 unspecified atom stereocenters. The molecule has 0 atom stereocenters. The van der Waals surface area contributed by atoms with Crippen molar-refractivity contribution in [1.82, 2.24) is 10.2 Å². The molecule has 1 N–H and O–H groups in total. The van der Waals surface area contributed by atoms with Gasteiger partial charge in [0.25, 0.3) is 0 Å². The first-order valence-corrected chi connectivity index (χ1v) is 7.29. The molecule has 1 aromatic carbocycles. The minimum absolute atomic E-state index is 0.512. The molecule has 0 amide bonds. The van der Waals surface area contributed by atoms with Crippen LogP contribution in [0.2, 0.25) is 0 Å². The van der Waals surface area contributed by atoms with Crippen LogP contribution in [0.15, 0.2) is 36.9 Å². The minimum atomic E-state index is 0.512. The molecule has 0 aliphatic carbocycles. The number of methoxy groups -OCH3 is 1. The Morgan fingerprint density at radius 3 is 2.75 bits per heavy atom. The minimum Gasteiger partial charge on any atom is -0.383 e. The summed E-state index contributed by atoms with van der Waals surface area (Å²) in [5.41, 5.74) is 2.67. The highest BCUT2D eigenvalue weighted by molar-refractivity contribution is 5.23. The van der Waals surface area contributed by atoms with Gasteiger partial charge in [-0.15, -0.1) is 6.58 Å². The summed E-state index contributed by atoms with van der Waals surface area (Å²) in [4.78, 5) is 2.34. The van der Waals surface area contributed by atoms with E-state index in [1.807, 2.05) is 6.08 Å². The Labute approximate surface area is 123 Å². The Morgan fingerprint density at radius 2 is 2.10 bits per heavy atom. The predicted octanol–water partition coefficient (Wildman–Crippen LogP) is 2.82. The van der Waals surface area contributed by atoms with Crippen LogP contribution in [0.3, 0.4) is 0 Å². The average Bonchev–Trinajstić information content (AvgIpc) is 2.43. The van der Waals surface area contributed by atoms with Crippen molar-refractivity contribution in [2.45, 2.75) is 33.0 Å². The van der Waals surface area contributed by atoms with Gasteiger partial charge in [-0.25, -0.2) is 0 Å². The van der Waals surface area contributed by atoms with Crippen LogP contribution in [0, 0.1) is 0 Å². The maximum absolute atomic E-state index is 5.16. The molecule has 20 heavy (non-hydrogen) atoms. The van der Waals surface area contributed by atoms with Crippen LogP contribution in [0.25, 0.3) is 0 Å². The Morgan fingerprint density at radius 1 is 1.35 bits per heavy atom. The van der Waals surface area contributed by atoms with E-state index in [9.17, 15) is 0 Å². The largest absolute Gasteiger partial charge is 0.383 e. The van der Waals surface area contributed by atoms with E-state index in [2.05, 4.69) is 54.9 Å². The summed E-state index contributed by atoms with van der Waals surface area (Å²) in [7, 11) is 1.74. The van der Waals surface area contributed by atoms with Gasteiger partial charge in [-0.1, -0.05) is 44.2 Å². The van der Waals surface area contributed by atoms with E-state index in [1.165, 1.54) is 11.1 Å². The first-order valence-electron chi connectivity index (χ1n) is 7.29. The quantitative estimate of drug-likeness (QED) is 0.665. The molecule has 0 saturated heterocycles. The van der Waals surface area contributed by atoms with Gasteiger partial charge in [-0.05, 0) is 11.1 Å². The highest BCUT2D eigenvalue weighted by Gasteiger charge is 2.05. The molecule has 0 bridgehead atoms. The second kappa shape index (κ2) is 9.70. The number of nitrogens with zero attached hydrogens (tertiary/aromatic N) is 1. The van der Waals surface area contributed by atoms with Crippen molar-refractivity contribution in [2.75, 3.05) is 26.8 Å². The zero-order valence-corrected chi connectivity index (χ0v) is 13.1. The Bertz CT molecular complexity index is 390. The Balaban J connectivity index is 2.59. The number of hydrogen-bond donors (Lipinski definition) is 1. The number of benzene rings is 1. The van der Waals surface area contributed by atoms with Gasteiger partial charge in [-0.3, -0.25) is 4.90 Å². The van der Waals surface area contributed by atoms with E-state index in [0.29, 0.717) is 6.04 Å². The summed E-state index contributed by atoms with van der Waals surface area (Å²) in [5.74, 6) is 0. The van der Waals surface area contributed by atoms with E-state index in [4.69, 9.17) is 4.74 Å². The number of hydrogen-bond acceptors (Lipinski definition) is 3. The van der Waals surface area contributed by atoms with Crippen LogP contribution >= 0.6 is 0 Å². The lowest BCUT2D eigenvalue weighted by molar-refractivity contribution is 0.151. The summed E-state index contributed by atoms with van der Waals surface area (Å²) in [6.07, 6.45) is 1.94. The maximum atomic E-state index is 5.16. The van der Waals surface area contributed by atoms with Gasteiger partial charge in [0.1, 0.15) is 0 Å². The predicted molar refractivity (Wildman–Crippen MR) is 85.8 cm³/mol. The second-order valence-electron chi connectivity index (χ2n) is 5.37. The average molecular weight is 276 g/mol. The summed E-state index contributed by atoms with van der Waals surface area (Å²) in [6.45, 7) is 12.6. The fourth-order valence-electron chi connectivity index (χ4n) is 2.06. The summed E-state index contributed by atoms with van der Waals surface area (Å²) < 4.78 is 5.16. The molecule has 0 aromatic heterocycles. The van der Waals surface area contributed by atoms with Gasteiger partial charge in [0, 0.05) is 39.3 Å². The lowest BCUT2D eigenvalue weighted by atomic mass is 10.1. The van der Waals surface area contributed by atoms with Crippen LogP contribution in [-0.4, -0.2) is 37.7 Å². The lowest BCUT2D eigenvalue weighted by Gasteiger charge is -2.20. The fourth-order valence-corrected chi connectivity index (χ4v) is 2.06. The van der Waals surface area contributed by atoms with Crippen molar-refractivity contribution >= 4 is 0 Å². The number of nitrogens with one attached hydrogen (secondary N) is 1. The molecule has 0 aliphatic heterocycles. The molecular weight excluding hydrogens is 248 g/mol. The molecular formula is C17H28N2O. The zero-order valence-electron chi connectivity index (χ0n) is 13.1. The number of ether oxygens (including phenoxy) is 1. The molecule has 0 saturated carbocycles. The van der Waals surface area contributed by atoms with Gasteiger partial charge in [0.2, 0.25) is 0 Å². The van der Waals surface area contributed by atoms with Crippen LogP contribution < -0.4 is 5.32 Å². The van der Waals surface area contributed by atoms with E-state index < -0.39 is 0 Å². The van der Waals surface area contributed by atoms with Crippen LogP contribution in [0.5, 0.6) is 0 Å². The summed E-state index contributed by atoms with van der Waals surface area (Å²) >= 11 is 0. The van der Waals surface area contributed by atoms with Crippen molar-refractivity contribution in [3.63, 3.8) is 0 Å². The molecule has 112 valence electrons. The highest BCUT2D eigenvalue weighted by Crippen LogP contribution is 2.09. The first-order chi connectivity index (χ1) is 9.65. The van der Waals surface area contributed by atoms with E-state index in [-0.39, 0.29) is 0 Å². The summed E-state index contributed by atoms with van der Waals surface area (Å²) in [5, 5.41) is 3.45. The van der Waals surface area contributed by atoms with Gasteiger partial charge < -0.3 is 10.1 Å². The monoisotopic (exact) mass is 276 g/mol. The molecule has 0 fully saturated rings. The van der Waals surface area contributed by atoms with E-state index in [1.54, 1.807) is 7.11 Å². The van der Waals surface area contributed by atoms with Gasteiger partial charge in [0.05, 0.1) is 6.61 Å². The third kappa shape index (κ3) is 6.85. The Hall–Kier alpha value is -1.16. The Kier molecular flexibility index (Phi) is 8.19. The van der Waals surface area contributed by atoms with Crippen LogP contribution in [-0.2, 0) is 17.8 Å². The number of rotatable bonds is 10. The second-order valence-corrected chi connectivity index (χ2v) is 5.37. The molecule has 0 aliphatic rings. The van der Waals surface area contributed by atoms with Crippen LogP contribution in [0.4, 0.5) is 0 Å². The first kappa shape index (κ1) is 16.9. The third-order valence-corrected chi connectivity index (χ3v) is 3.11. The lowest BCUT2D eigenvalue weighted by Crippen LogP contribution is -2.27. The van der Waals surface area contributed by atoms with Crippen molar-refractivity contribution in [2.24, 2.45) is 0 Å². The normalized spacial score (nSPS) is 11.2. The standard InChI is InChI=1S/C17H28N2O/c1-5-9-19(10-11-20-4)14-17-8-6-7-16(12-17)13-18-15(2)3/h5-8,12,15,18H,1,9-11,13-14H2,2-4H3. The topological polar surface area (TPSA) is 24.5 Å². The molecule has 1 rings (SSSR count). The SMILES string of the molecule is C=CCN(CCOC)Cc1cccc(CNC(C)C)c1. The van der Waals surface area contributed by atoms with E-state index >= 15 is 0 Å². The molecule has 3 heteroatoms. The smallest absolute Gasteiger partial charge is 0.0589 e. The molecule has 0 radical (unpaired) electrons. The third-order valence-electron chi connectivity index (χ3n) is 3.11. The molecule has 3 nitrogen and oxygen atoms in total. The van der Waals surface area contributed by atoms with Gasteiger partial charge >= 0.3 is 0 Å². The molecule has 0 spiro atoms. The van der Waals surface area contributed by atoms with Crippen molar-refractivity contribution in [3.8, 4) is 0 Å². The molecule has 1 aromatic rings. The molecule has 0 heterocycles. The summed E-state index contributed by atoms with van der Waals surface area (Å²) in [6, 6.07) is 9.28. The highest BCUT2D eigenvalue weighted by atomic mass is 16.5. The van der Waals surface area contributed by atoms with Crippen molar-refractivity contribution in [1.29, 1.82) is 0 Å². The van der Waals surface area contributed by atoms with Gasteiger partial charge in [-0.2, -0.15) is 0 Å². The van der Waals surface area contributed by atoms with E-state index in [0.717, 1.165) is 32.8 Å². The maximum Gasteiger partial charge on any atom is 0.0589 e. The zero-order chi connectivity index (χ0) is 14.8. The van der Waals surface area contributed by atoms with Crippen molar-refractivity contribution in [3.05, 3.63) is 48.0 Å². The fraction of sp³-hybridized carbons (Fsp3) is 0.529.